The quantitative estimate of drug-likeness (QED) is 0.320. The number of halogens is 2. The minimum absolute atomic E-state index is 0.265. The third-order valence-electron chi connectivity index (χ3n) is 4.25. The highest BCUT2D eigenvalue weighted by atomic mass is 35.5. The Balaban J connectivity index is 1.32. The summed E-state index contributed by atoms with van der Waals surface area (Å²) < 4.78 is 5.77. The van der Waals surface area contributed by atoms with Gasteiger partial charge in [-0.15, -0.1) is 0 Å². The molecule has 0 atom stereocenters. The summed E-state index contributed by atoms with van der Waals surface area (Å²) in [4.78, 5) is 19.8. The van der Waals surface area contributed by atoms with Crippen LogP contribution >= 0.6 is 23.2 Å². The van der Waals surface area contributed by atoms with Crippen molar-refractivity contribution in [3.8, 4) is 5.75 Å². The zero-order valence-corrected chi connectivity index (χ0v) is 17.1. The number of hydrogen-bond donors (Lipinski definition) is 2. The maximum absolute atomic E-state index is 12.1. The Morgan fingerprint density at radius 3 is 2.67 bits per heavy atom. The Morgan fingerprint density at radius 2 is 1.90 bits per heavy atom. The van der Waals surface area contributed by atoms with Crippen molar-refractivity contribution in [3.05, 3.63) is 93.7 Å². The second-order valence-electron chi connectivity index (χ2n) is 6.38. The molecule has 4 rings (SSSR count). The highest BCUT2D eigenvalue weighted by Crippen LogP contribution is 2.21. The van der Waals surface area contributed by atoms with Crippen molar-refractivity contribution in [1.82, 2.24) is 15.4 Å². The van der Waals surface area contributed by atoms with Crippen LogP contribution in [-0.2, 0) is 6.61 Å². The number of H-pyrrole nitrogens is 1. The van der Waals surface area contributed by atoms with Crippen LogP contribution in [0.15, 0.2) is 71.8 Å². The van der Waals surface area contributed by atoms with Crippen molar-refractivity contribution in [3.63, 3.8) is 0 Å². The molecule has 1 heterocycles. The molecule has 6 nitrogen and oxygen atoms in total. The molecule has 8 heteroatoms. The number of hydrogen-bond acceptors (Lipinski definition) is 4. The van der Waals surface area contributed by atoms with Crippen molar-refractivity contribution < 1.29 is 9.53 Å². The van der Waals surface area contributed by atoms with Crippen LogP contribution in [-0.4, -0.2) is 22.1 Å². The molecule has 0 saturated carbocycles. The molecule has 0 spiro atoms. The van der Waals surface area contributed by atoms with Crippen LogP contribution in [0.5, 0.6) is 5.75 Å². The molecule has 0 saturated heterocycles. The van der Waals surface area contributed by atoms with Crippen molar-refractivity contribution in [2.75, 3.05) is 0 Å². The van der Waals surface area contributed by atoms with Gasteiger partial charge in [-0.3, -0.25) is 4.79 Å². The molecule has 1 aromatic heterocycles. The molecule has 0 radical (unpaired) electrons. The van der Waals surface area contributed by atoms with Crippen molar-refractivity contribution in [2.24, 2.45) is 5.10 Å². The van der Waals surface area contributed by atoms with Crippen molar-refractivity contribution in [2.45, 2.75) is 6.61 Å². The molecule has 4 aromatic rings. The second-order valence-corrected chi connectivity index (χ2v) is 7.23. The van der Waals surface area contributed by atoms with Gasteiger partial charge in [-0.2, -0.15) is 5.10 Å². The Morgan fingerprint density at radius 1 is 1.10 bits per heavy atom. The van der Waals surface area contributed by atoms with Crippen molar-refractivity contribution >= 4 is 46.4 Å². The van der Waals surface area contributed by atoms with Gasteiger partial charge >= 0.3 is 0 Å². The number of para-hydroxylation sites is 2. The number of aromatic amines is 1. The fourth-order valence-electron chi connectivity index (χ4n) is 2.78. The molecule has 0 unspecified atom stereocenters. The summed E-state index contributed by atoms with van der Waals surface area (Å²) in [6.07, 6.45) is 1.53. The number of ether oxygens (including phenoxy) is 1. The van der Waals surface area contributed by atoms with Gasteiger partial charge in [0.15, 0.2) is 0 Å². The smallest absolute Gasteiger partial charge is 0.272 e. The number of fused-ring (bicyclic) bond motifs is 1. The maximum atomic E-state index is 12.1. The first kappa shape index (κ1) is 19.9. The molecule has 0 fully saturated rings. The summed E-state index contributed by atoms with van der Waals surface area (Å²) in [5.41, 5.74) is 5.42. The fourth-order valence-corrected chi connectivity index (χ4v) is 3.27. The number of carbonyl (C=O) groups excluding carboxylic acids is 1. The number of benzene rings is 3. The summed E-state index contributed by atoms with van der Waals surface area (Å²) in [5.74, 6) is 1.04. The maximum Gasteiger partial charge on any atom is 0.272 e. The lowest BCUT2D eigenvalue weighted by Gasteiger charge is -2.04. The average Bonchev–Trinajstić information content (AvgIpc) is 3.16. The Kier molecular flexibility index (Phi) is 5.97. The molecule has 30 heavy (non-hydrogen) atoms. The number of imidazole rings is 1. The van der Waals surface area contributed by atoms with Gasteiger partial charge in [-0.05, 0) is 60.2 Å². The van der Waals surface area contributed by atoms with E-state index >= 15 is 0 Å². The van der Waals surface area contributed by atoms with E-state index in [0.29, 0.717) is 22.9 Å². The third-order valence-corrected chi connectivity index (χ3v) is 4.80. The van der Waals surface area contributed by atoms with E-state index in [9.17, 15) is 4.79 Å². The van der Waals surface area contributed by atoms with Gasteiger partial charge in [0.05, 0.1) is 27.8 Å². The Labute approximate surface area is 182 Å². The van der Waals surface area contributed by atoms with E-state index in [1.807, 2.05) is 48.5 Å². The number of nitrogens with zero attached hydrogens (tertiary/aromatic N) is 2. The van der Waals surface area contributed by atoms with Crippen LogP contribution < -0.4 is 10.2 Å². The molecule has 0 aliphatic rings. The zero-order chi connectivity index (χ0) is 20.9. The number of hydrazone groups is 1. The van der Waals surface area contributed by atoms with Gasteiger partial charge in [0.2, 0.25) is 0 Å². The molecule has 0 aliphatic carbocycles. The van der Waals surface area contributed by atoms with Crippen LogP contribution in [0.3, 0.4) is 0 Å². The number of nitrogens with one attached hydrogen (secondary N) is 2. The molecule has 0 aliphatic heterocycles. The lowest BCUT2D eigenvalue weighted by molar-refractivity contribution is 0.0955. The third kappa shape index (κ3) is 4.79. The van der Waals surface area contributed by atoms with E-state index in [-0.39, 0.29) is 5.02 Å². The fraction of sp³-hybridized carbons (Fsp3) is 0.0455. The molecule has 1 amide bonds. The largest absolute Gasteiger partial charge is 0.486 e. The molecule has 3 aromatic carbocycles. The van der Waals surface area contributed by atoms with Gasteiger partial charge in [0.25, 0.3) is 5.91 Å². The molecule has 150 valence electrons. The number of rotatable bonds is 6. The molecule has 0 bridgehead atoms. The van der Waals surface area contributed by atoms with Crippen LogP contribution in [0.25, 0.3) is 11.0 Å². The van der Waals surface area contributed by atoms with E-state index in [0.717, 1.165) is 22.4 Å². The van der Waals surface area contributed by atoms with Crippen LogP contribution in [0, 0.1) is 0 Å². The predicted molar refractivity (Wildman–Crippen MR) is 118 cm³/mol. The summed E-state index contributed by atoms with van der Waals surface area (Å²) in [6, 6.07) is 19.8. The monoisotopic (exact) mass is 438 g/mol. The van der Waals surface area contributed by atoms with Crippen LogP contribution in [0.4, 0.5) is 0 Å². The predicted octanol–water partition coefficient (Wildman–Crippen LogP) is 5.21. The van der Waals surface area contributed by atoms with Crippen LogP contribution in [0.2, 0.25) is 10.0 Å². The summed E-state index contributed by atoms with van der Waals surface area (Å²) in [7, 11) is 0. The van der Waals surface area contributed by atoms with Crippen molar-refractivity contribution in [1.29, 1.82) is 0 Å². The van der Waals surface area contributed by atoms with E-state index in [1.165, 1.54) is 12.3 Å². The van der Waals surface area contributed by atoms with Gasteiger partial charge in [-0.1, -0.05) is 35.3 Å². The van der Waals surface area contributed by atoms with E-state index < -0.39 is 5.91 Å². The highest BCUT2D eigenvalue weighted by molar-refractivity contribution is 6.36. The number of aromatic nitrogens is 2. The van der Waals surface area contributed by atoms with Crippen LogP contribution in [0.1, 0.15) is 21.7 Å². The summed E-state index contributed by atoms with van der Waals surface area (Å²) in [5, 5.41) is 4.68. The topological polar surface area (TPSA) is 79.4 Å². The summed E-state index contributed by atoms with van der Waals surface area (Å²) >= 11 is 11.9. The second kappa shape index (κ2) is 8.98. The minimum Gasteiger partial charge on any atom is -0.486 e. The molecule has 2 N–H and O–H groups in total. The van der Waals surface area contributed by atoms with E-state index in [4.69, 9.17) is 27.9 Å². The van der Waals surface area contributed by atoms with E-state index in [1.54, 1.807) is 12.1 Å². The molecular formula is C22H16Cl2N4O2. The first-order valence-electron chi connectivity index (χ1n) is 9.03. The van der Waals surface area contributed by atoms with Gasteiger partial charge in [-0.25, -0.2) is 10.4 Å². The first-order chi connectivity index (χ1) is 14.6. The SMILES string of the molecule is O=C(N/N=C\c1ccc(OCc2nc3ccccc3[nH]2)cc1)c1ccc(Cl)cc1Cl. The Bertz CT molecular complexity index is 1190. The zero-order valence-electron chi connectivity index (χ0n) is 15.6. The van der Waals surface area contributed by atoms with Gasteiger partial charge in [0, 0.05) is 5.02 Å². The molecular weight excluding hydrogens is 423 g/mol. The highest BCUT2D eigenvalue weighted by Gasteiger charge is 2.09. The Hall–Kier alpha value is -3.35. The lowest BCUT2D eigenvalue weighted by Crippen LogP contribution is -2.18. The standard InChI is InChI=1S/C22H16Cl2N4O2/c23-15-7-10-17(18(24)11-15)22(29)28-25-12-14-5-8-16(9-6-14)30-13-21-26-19-3-1-2-4-20(19)27-21/h1-12H,13H2,(H,26,27)(H,28,29)/b25-12-. The number of carbonyl (C=O) groups is 1. The number of amides is 1. The van der Waals surface area contributed by atoms with Gasteiger partial charge in [0.1, 0.15) is 18.2 Å². The minimum atomic E-state index is -0.418. The van der Waals surface area contributed by atoms with Gasteiger partial charge < -0.3 is 9.72 Å². The lowest BCUT2D eigenvalue weighted by atomic mass is 10.2. The first-order valence-corrected chi connectivity index (χ1v) is 9.79. The summed E-state index contributed by atoms with van der Waals surface area (Å²) in [6.45, 7) is 0.333. The average molecular weight is 439 g/mol. The van der Waals surface area contributed by atoms with E-state index in [2.05, 4.69) is 20.5 Å². The normalized spacial score (nSPS) is 11.1.